The zero-order valence-electron chi connectivity index (χ0n) is 8.70. The van der Waals surface area contributed by atoms with Crippen LogP contribution >= 0.6 is 22.9 Å². The summed E-state index contributed by atoms with van der Waals surface area (Å²) in [6.45, 7) is 4.21. The second kappa shape index (κ2) is 7.47. The molecule has 84 valence electrons. The Balaban J connectivity index is 0.000000336. The summed E-state index contributed by atoms with van der Waals surface area (Å²) in [7, 11) is 0. The highest BCUT2D eigenvalue weighted by Crippen LogP contribution is 2.08. The highest BCUT2D eigenvalue weighted by molar-refractivity contribution is 14.1. The molecule has 0 radical (unpaired) electrons. The van der Waals surface area contributed by atoms with Gasteiger partial charge in [0, 0.05) is 34.6 Å². The number of hydrogen-bond donors (Lipinski definition) is 3. The molecule has 0 bridgehead atoms. The Morgan fingerprint density at radius 3 is 2.20 bits per heavy atom. The Hall–Kier alpha value is -0.820. The highest BCUT2D eigenvalue weighted by Gasteiger charge is 2.03. The number of nitrogens with one attached hydrogen (secondary N) is 1. The summed E-state index contributed by atoms with van der Waals surface area (Å²) in [6.07, 6.45) is 0. The molecule has 1 aromatic rings. The molecule has 0 aliphatic rings. The van der Waals surface area contributed by atoms with Crippen molar-refractivity contribution in [1.82, 2.24) is 3.53 Å². The topological polar surface area (TPSA) is 75.3 Å². The van der Waals surface area contributed by atoms with E-state index in [0.717, 1.165) is 0 Å². The summed E-state index contributed by atoms with van der Waals surface area (Å²) in [5.74, 6) is -0.988. The first-order chi connectivity index (χ1) is 6.99. The number of halogens is 1. The number of carbonyl (C=O) groups is 1. The number of para-hydroxylation sites is 1. The van der Waals surface area contributed by atoms with Crippen LogP contribution in [0.1, 0.15) is 24.2 Å². The minimum atomic E-state index is -0.988. The second-order valence-corrected chi connectivity index (χ2v) is 3.78. The first-order valence-corrected chi connectivity index (χ1v) is 5.50. The van der Waals surface area contributed by atoms with Crippen LogP contribution in [-0.2, 0) is 0 Å². The van der Waals surface area contributed by atoms with Crippen LogP contribution in [0.15, 0.2) is 24.3 Å². The van der Waals surface area contributed by atoms with E-state index in [0.29, 0.717) is 11.7 Å². The van der Waals surface area contributed by atoms with Gasteiger partial charge in [-0.25, -0.2) is 4.79 Å². The van der Waals surface area contributed by atoms with Crippen LogP contribution in [0.25, 0.3) is 0 Å². The number of carboxylic acids is 1. The molecule has 4 nitrogen and oxygen atoms in total. The molecular weight excluding hydrogens is 307 g/mol. The number of nitrogen functional groups attached to an aromatic ring is 1. The van der Waals surface area contributed by atoms with Gasteiger partial charge >= 0.3 is 5.97 Å². The van der Waals surface area contributed by atoms with E-state index in [4.69, 9.17) is 10.8 Å². The molecule has 5 heteroatoms. The van der Waals surface area contributed by atoms with Gasteiger partial charge in [-0.1, -0.05) is 12.1 Å². The highest BCUT2D eigenvalue weighted by atomic mass is 127. The Kier molecular flexibility index (Phi) is 7.06. The average molecular weight is 322 g/mol. The lowest BCUT2D eigenvalue weighted by Gasteiger charge is -1.96. The minimum absolute atomic E-state index is 0.155. The number of aromatic carboxylic acids is 1. The summed E-state index contributed by atoms with van der Waals surface area (Å²) in [4.78, 5) is 10.3. The molecule has 0 saturated carbocycles. The SMILES string of the molecule is CC(C)NI.Nc1ccccc1C(=O)O. The Morgan fingerprint density at radius 1 is 1.47 bits per heavy atom. The minimum Gasteiger partial charge on any atom is -0.478 e. The fraction of sp³-hybridized carbons (Fsp3) is 0.300. The van der Waals surface area contributed by atoms with Crippen molar-refractivity contribution in [2.75, 3.05) is 5.73 Å². The lowest BCUT2D eigenvalue weighted by Crippen LogP contribution is -2.08. The monoisotopic (exact) mass is 322 g/mol. The zero-order valence-corrected chi connectivity index (χ0v) is 10.9. The van der Waals surface area contributed by atoms with Gasteiger partial charge in [-0.2, -0.15) is 0 Å². The third kappa shape index (κ3) is 6.29. The first-order valence-electron chi connectivity index (χ1n) is 4.43. The van der Waals surface area contributed by atoms with Crippen molar-refractivity contribution >= 4 is 34.5 Å². The maximum Gasteiger partial charge on any atom is 0.337 e. The maximum atomic E-state index is 10.3. The third-order valence-corrected chi connectivity index (χ3v) is 2.66. The van der Waals surface area contributed by atoms with E-state index in [2.05, 4.69) is 40.2 Å². The Bertz CT molecular complexity index is 316. The van der Waals surface area contributed by atoms with Crippen LogP contribution in [0, 0.1) is 0 Å². The first kappa shape index (κ1) is 14.2. The summed E-state index contributed by atoms with van der Waals surface area (Å²) in [6, 6.07) is 6.98. The van der Waals surface area contributed by atoms with Crippen molar-refractivity contribution in [2.45, 2.75) is 19.9 Å². The van der Waals surface area contributed by atoms with Gasteiger partial charge in [-0.05, 0) is 26.0 Å². The van der Waals surface area contributed by atoms with E-state index >= 15 is 0 Å². The number of rotatable bonds is 2. The van der Waals surface area contributed by atoms with E-state index in [1.807, 2.05) is 0 Å². The summed E-state index contributed by atoms with van der Waals surface area (Å²) >= 11 is 2.13. The van der Waals surface area contributed by atoms with Crippen molar-refractivity contribution in [3.05, 3.63) is 29.8 Å². The van der Waals surface area contributed by atoms with Crippen LogP contribution < -0.4 is 9.26 Å². The van der Waals surface area contributed by atoms with E-state index < -0.39 is 5.97 Å². The van der Waals surface area contributed by atoms with Crippen LogP contribution in [0.4, 0.5) is 5.69 Å². The lowest BCUT2D eigenvalue weighted by atomic mass is 10.2. The number of nitrogens with two attached hydrogens (primary N) is 1. The van der Waals surface area contributed by atoms with Crippen molar-refractivity contribution < 1.29 is 9.90 Å². The molecular formula is C10H15IN2O2. The van der Waals surface area contributed by atoms with Gasteiger partial charge in [-0.3, -0.25) is 3.53 Å². The smallest absolute Gasteiger partial charge is 0.337 e. The van der Waals surface area contributed by atoms with E-state index in [9.17, 15) is 4.79 Å². The second-order valence-electron chi connectivity index (χ2n) is 3.16. The third-order valence-electron chi connectivity index (χ3n) is 1.41. The van der Waals surface area contributed by atoms with Gasteiger partial charge in [0.1, 0.15) is 0 Å². The molecule has 4 N–H and O–H groups in total. The normalized spacial score (nSPS) is 9.33. The predicted octanol–water partition coefficient (Wildman–Crippen LogP) is 2.30. The Labute approximate surface area is 103 Å². The quantitative estimate of drug-likeness (QED) is 0.444. The molecule has 0 heterocycles. The van der Waals surface area contributed by atoms with E-state index in [1.165, 1.54) is 6.07 Å². The van der Waals surface area contributed by atoms with Gasteiger partial charge in [0.2, 0.25) is 0 Å². The van der Waals surface area contributed by atoms with E-state index in [1.54, 1.807) is 18.2 Å². The molecule has 15 heavy (non-hydrogen) atoms. The Morgan fingerprint density at radius 2 is 1.93 bits per heavy atom. The maximum absolute atomic E-state index is 10.3. The predicted molar refractivity (Wildman–Crippen MR) is 70.1 cm³/mol. The van der Waals surface area contributed by atoms with Gasteiger partial charge in [0.05, 0.1) is 5.56 Å². The van der Waals surface area contributed by atoms with Crippen molar-refractivity contribution in [3.8, 4) is 0 Å². The van der Waals surface area contributed by atoms with Gasteiger partial charge in [0.15, 0.2) is 0 Å². The molecule has 0 atom stereocenters. The molecule has 1 aromatic carbocycles. The van der Waals surface area contributed by atoms with Crippen LogP contribution in [0.3, 0.4) is 0 Å². The fourth-order valence-electron chi connectivity index (χ4n) is 0.692. The summed E-state index contributed by atoms with van der Waals surface area (Å²) in [5.41, 5.74) is 5.80. The molecule has 0 amide bonds. The van der Waals surface area contributed by atoms with E-state index in [-0.39, 0.29) is 5.56 Å². The van der Waals surface area contributed by atoms with Crippen molar-refractivity contribution in [1.29, 1.82) is 0 Å². The van der Waals surface area contributed by atoms with Gasteiger partial charge < -0.3 is 10.8 Å². The molecule has 0 aromatic heterocycles. The molecule has 0 spiro atoms. The van der Waals surface area contributed by atoms with Crippen molar-refractivity contribution in [3.63, 3.8) is 0 Å². The fourth-order valence-corrected chi connectivity index (χ4v) is 0.692. The molecule has 0 saturated heterocycles. The molecule has 0 unspecified atom stereocenters. The molecule has 0 aliphatic heterocycles. The van der Waals surface area contributed by atoms with Gasteiger partial charge in [0.25, 0.3) is 0 Å². The standard InChI is InChI=1S/C7H7NO2.C3H8IN/c8-6-4-2-1-3-5(6)7(9)10;1-3(2)5-4/h1-4H,8H2,(H,9,10);3,5H,1-2H3. The molecule has 0 fully saturated rings. The number of anilines is 1. The number of benzene rings is 1. The van der Waals surface area contributed by atoms with Crippen molar-refractivity contribution in [2.24, 2.45) is 0 Å². The molecule has 1 rings (SSSR count). The average Bonchev–Trinajstić information content (AvgIpc) is 2.19. The number of hydrogen-bond acceptors (Lipinski definition) is 3. The lowest BCUT2D eigenvalue weighted by molar-refractivity contribution is 0.0698. The number of carboxylic acid groups (broad SMARTS) is 1. The van der Waals surface area contributed by atoms with Gasteiger partial charge in [-0.15, -0.1) is 0 Å². The van der Waals surface area contributed by atoms with Crippen LogP contribution in [0.5, 0.6) is 0 Å². The summed E-state index contributed by atoms with van der Waals surface area (Å²) in [5, 5.41) is 8.49. The zero-order chi connectivity index (χ0) is 11.8. The van der Waals surface area contributed by atoms with Crippen LogP contribution in [-0.4, -0.2) is 17.1 Å². The largest absolute Gasteiger partial charge is 0.478 e. The van der Waals surface area contributed by atoms with Crippen LogP contribution in [0.2, 0.25) is 0 Å². The summed E-state index contributed by atoms with van der Waals surface area (Å²) < 4.78 is 3.00. The molecule has 0 aliphatic carbocycles.